The maximum absolute atomic E-state index is 12.8. The third-order valence-corrected chi connectivity index (χ3v) is 6.02. The minimum absolute atomic E-state index is 0.0241. The van der Waals surface area contributed by atoms with Gasteiger partial charge < -0.3 is 9.47 Å². The van der Waals surface area contributed by atoms with Crippen LogP contribution in [0.3, 0.4) is 0 Å². The van der Waals surface area contributed by atoms with Crippen LogP contribution in [0.15, 0.2) is 47.4 Å². The lowest BCUT2D eigenvalue weighted by Gasteiger charge is -2.41. The van der Waals surface area contributed by atoms with Crippen LogP contribution in [0.1, 0.15) is 34.8 Å². The summed E-state index contributed by atoms with van der Waals surface area (Å²) in [5.41, 5.74) is 3.36. The second-order valence-electron chi connectivity index (χ2n) is 7.53. The smallest absolute Gasteiger partial charge is 0.254 e. The van der Waals surface area contributed by atoms with Gasteiger partial charge in [-0.05, 0) is 43.4 Å². The standard InChI is InChI=1S/C22H27N3O2/c1-2-23-10-9-19(16-21(23)26)22(27)25-13-11-24(12-14-25)20-8-7-17-5-3-4-6-18(17)15-20/h3-6,9-10,16,20H,2,7-8,11-15H2,1H3/t20-/m1/s1. The van der Waals surface area contributed by atoms with Gasteiger partial charge in [-0.25, -0.2) is 0 Å². The van der Waals surface area contributed by atoms with E-state index in [9.17, 15) is 9.59 Å². The fraction of sp³-hybridized carbons (Fsp3) is 0.455. The Labute approximate surface area is 160 Å². The molecule has 2 aromatic rings. The van der Waals surface area contributed by atoms with E-state index < -0.39 is 0 Å². The maximum Gasteiger partial charge on any atom is 0.254 e. The molecule has 0 spiro atoms. The van der Waals surface area contributed by atoms with Crippen LogP contribution in [-0.4, -0.2) is 52.5 Å². The van der Waals surface area contributed by atoms with Crippen molar-refractivity contribution in [2.75, 3.05) is 26.2 Å². The minimum atomic E-state index is -0.108. The van der Waals surface area contributed by atoms with Crippen LogP contribution in [0.5, 0.6) is 0 Å². The van der Waals surface area contributed by atoms with Crippen LogP contribution >= 0.6 is 0 Å². The highest BCUT2D eigenvalue weighted by atomic mass is 16.2. The molecule has 1 aromatic carbocycles. The lowest BCUT2D eigenvalue weighted by atomic mass is 9.87. The molecule has 0 bridgehead atoms. The van der Waals surface area contributed by atoms with Crippen molar-refractivity contribution >= 4 is 5.91 Å². The first-order valence-electron chi connectivity index (χ1n) is 9.96. The average Bonchev–Trinajstić information content (AvgIpc) is 2.73. The number of carbonyl (C=O) groups is 1. The Balaban J connectivity index is 1.37. The van der Waals surface area contributed by atoms with Crippen LogP contribution in [0.4, 0.5) is 0 Å². The molecule has 0 N–H and O–H groups in total. The molecule has 5 heteroatoms. The molecule has 1 saturated heterocycles. The molecule has 0 radical (unpaired) electrons. The number of pyridine rings is 1. The van der Waals surface area contributed by atoms with Crippen molar-refractivity contribution in [2.45, 2.75) is 38.8 Å². The van der Waals surface area contributed by atoms with E-state index in [0.29, 0.717) is 18.2 Å². The molecule has 1 aromatic heterocycles. The Bertz CT molecular complexity index is 881. The van der Waals surface area contributed by atoms with Crippen LogP contribution in [0.2, 0.25) is 0 Å². The Morgan fingerprint density at radius 3 is 2.52 bits per heavy atom. The van der Waals surface area contributed by atoms with E-state index >= 15 is 0 Å². The highest BCUT2D eigenvalue weighted by Gasteiger charge is 2.29. The van der Waals surface area contributed by atoms with Crippen LogP contribution in [-0.2, 0) is 19.4 Å². The zero-order valence-corrected chi connectivity index (χ0v) is 15.9. The van der Waals surface area contributed by atoms with Gasteiger partial charge in [0.1, 0.15) is 0 Å². The summed E-state index contributed by atoms with van der Waals surface area (Å²) in [5, 5.41) is 0. The summed E-state index contributed by atoms with van der Waals surface area (Å²) >= 11 is 0. The maximum atomic E-state index is 12.8. The summed E-state index contributed by atoms with van der Waals surface area (Å²) < 4.78 is 1.61. The summed E-state index contributed by atoms with van der Waals surface area (Å²) in [6, 6.07) is 12.6. The molecule has 2 aliphatic rings. The van der Waals surface area contributed by atoms with E-state index in [2.05, 4.69) is 29.2 Å². The molecule has 1 aliphatic carbocycles. The van der Waals surface area contributed by atoms with E-state index in [1.54, 1.807) is 16.8 Å². The second kappa shape index (κ2) is 7.69. The number of hydrogen-bond donors (Lipinski definition) is 0. The molecule has 1 aliphatic heterocycles. The number of nitrogens with zero attached hydrogens (tertiary/aromatic N) is 3. The van der Waals surface area contributed by atoms with Gasteiger partial charge in [0.05, 0.1) is 0 Å². The van der Waals surface area contributed by atoms with E-state index in [0.717, 1.165) is 39.0 Å². The number of hydrogen-bond acceptors (Lipinski definition) is 3. The molecular formula is C22H27N3O2. The zero-order valence-electron chi connectivity index (χ0n) is 15.9. The highest BCUT2D eigenvalue weighted by Crippen LogP contribution is 2.25. The Hall–Kier alpha value is -2.40. The molecule has 0 unspecified atom stereocenters. The van der Waals surface area contributed by atoms with Crippen LogP contribution in [0.25, 0.3) is 0 Å². The number of piperazine rings is 1. The average molecular weight is 365 g/mol. The first-order valence-corrected chi connectivity index (χ1v) is 9.96. The van der Waals surface area contributed by atoms with Gasteiger partial charge in [-0.1, -0.05) is 24.3 Å². The van der Waals surface area contributed by atoms with Gasteiger partial charge >= 0.3 is 0 Å². The van der Waals surface area contributed by atoms with Crippen LogP contribution < -0.4 is 5.56 Å². The molecule has 1 atom stereocenters. The second-order valence-corrected chi connectivity index (χ2v) is 7.53. The Morgan fingerprint density at radius 2 is 1.81 bits per heavy atom. The van der Waals surface area contributed by atoms with Gasteiger partial charge in [0.2, 0.25) is 0 Å². The quantitative estimate of drug-likeness (QED) is 0.838. The molecule has 27 heavy (non-hydrogen) atoms. The van der Waals surface area contributed by atoms with Crippen molar-refractivity contribution in [3.8, 4) is 0 Å². The topological polar surface area (TPSA) is 45.6 Å². The predicted octanol–water partition coefficient (Wildman–Crippen LogP) is 2.18. The fourth-order valence-corrected chi connectivity index (χ4v) is 4.37. The van der Waals surface area contributed by atoms with Crippen molar-refractivity contribution in [2.24, 2.45) is 0 Å². The molecule has 1 amide bonds. The molecular weight excluding hydrogens is 338 g/mol. The van der Waals surface area contributed by atoms with Gasteiger partial charge in [0.15, 0.2) is 0 Å². The SMILES string of the molecule is CCn1ccc(C(=O)N2CCN([C@@H]3CCc4ccccc4C3)CC2)cc1=O. The summed E-state index contributed by atoms with van der Waals surface area (Å²) in [6.45, 7) is 5.82. The lowest BCUT2D eigenvalue weighted by molar-refractivity contribution is 0.0552. The van der Waals surface area contributed by atoms with Gasteiger partial charge in [-0.3, -0.25) is 14.5 Å². The summed E-state index contributed by atoms with van der Waals surface area (Å²) in [7, 11) is 0. The number of benzene rings is 1. The van der Waals surface area contributed by atoms with Crippen molar-refractivity contribution < 1.29 is 4.79 Å². The number of aryl methyl sites for hydroxylation is 2. The van der Waals surface area contributed by atoms with Crippen molar-refractivity contribution in [3.05, 3.63) is 69.6 Å². The van der Waals surface area contributed by atoms with Crippen molar-refractivity contribution in [1.82, 2.24) is 14.4 Å². The predicted molar refractivity (Wildman–Crippen MR) is 106 cm³/mol. The number of fused-ring (bicyclic) bond motifs is 1. The molecule has 5 nitrogen and oxygen atoms in total. The van der Waals surface area contributed by atoms with Crippen molar-refractivity contribution in [1.29, 1.82) is 0 Å². The van der Waals surface area contributed by atoms with E-state index in [4.69, 9.17) is 0 Å². The van der Waals surface area contributed by atoms with E-state index in [-0.39, 0.29) is 11.5 Å². The molecule has 0 saturated carbocycles. The summed E-state index contributed by atoms with van der Waals surface area (Å²) in [6.07, 6.45) is 5.17. The van der Waals surface area contributed by atoms with Gasteiger partial charge in [0, 0.05) is 56.6 Å². The number of rotatable bonds is 3. The molecule has 4 rings (SSSR count). The molecule has 1 fully saturated rings. The Morgan fingerprint density at radius 1 is 1.07 bits per heavy atom. The summed E-state index contributed by atoms with van der Waals surface area (Å²) in [4.78, 5) is 29.2. The Kier molecular flexibility index (Phi) is 5.12. The van der Waals surface area contributed by atoms with E-state index in [1.165, 1.54) is 23.6 Å². The van der Waals surface area contributed by atoms with Gasteiger partial charge in [0.25, 0.3) is 11.5 Å². The van der Waals surface area contributed by atoms with Gasteiger partial charge in [-0.2, -0.15) is 0 Å². The highest BCUT2D eigenvalue weighted by molar-refractivity contribution is 5.94. The largest absolute Gasteiger partial charge is 0.336 e. The zero-order chi connectivity index (χ0) is 18.8. The number of aromatic nitrogens is 1. The first-order chi connectivity index (χ1) is 13.2. The normalized spacial score (nSPS) is 20.3. The summed E-state index contributed by atoms with van der Waals surface area (Å²) in [5.74, 6) is -0.0241. The number of amides is 1. The van der Waals surface area contributed by atoms with E-state index in [1.807, 2.05) is 11.8 Å². The molecule has 2 heterocycles. The monoisotopic (exact) mass is 365 g/mol. The third-order valence-electron chi connectivity index (χ3n) is 6.02. The lowest BCUT2D eigenvalue weighted by Crippen LogP contribution is -2.53. The van der Waals surface area contributed by atoms with Gasteiger partial charge in [-0.15, -0.1) is 0 Å². The third kappa shape index (κ3) is 3.69. The van der Waals surface area contributed by atoms with Crippen LogP contribution in [0, 0.1) is 0 Å². The fourth-order valence-electron chi connectivity index (χ4n) is 4.37. The number of carbonyl (C=O) groups excluding carboxylic acids is 1. The molecule has 142 valence electrons. The minimum Gasteiger partial charge on any atom is -0.336 e. The first kappa shape index (κ1) is 18.0. The van der Waals surface area contributed by atoms with Crippen molar-refractivity contribution in [3.63, 3.8) is 0 Å².